The van der Waals surface area contributed by atoms with Gasteiger partial charge < -0.3 is 5.32 Å². The van der Waals surface area contributed by atoms with E-state index < -0.39 is 0 Å². The molecule has 1 saturated heterocycles. The topological polar surface area (TPSA) is 15.3 Å². The molecule has 1 aliphatic heterocycles. The number of likely N-dealkylation sites (tertiary alicyclic amines) is 1. The molecule has 1 fully saturated rings. The molecule has 2 rings (SSSR count). The molecule has 20 heavy (non-hydrogen) atoms. The summed E-state index contributed by atoms with van der Waals surface area (Å²) in [6.07, 6.45) is 1.21. The number of benzene rings is 1. The molecule has 112 valence electrons. The van der Waals surface area contributed by atoms with Gasteiger partial charge in [0.15, 0.2) is 0 Å². The van der Waals surface area contributed by atoms with E-state index in [1.54, 1.807) is 12.1 Å². The first-order chi connectivity index (χ1) is 9.58. The molecular weight excluding hydrogens is 251 g/mol. The van der Waals surface area contributed by atoms with Gasteiger partial charge in [0, 0.05) is 18.2 Å². The molecule has 1 aliphatic rings. The van der Waals surface area contributed by atoms with Crippen LogP contribution in [0.4, 0.5) is 4.39 Å². The smallest absolute Gasteiger partial charge is 0.127 e. The summed E-state index contributed by atoms with van der Waals surface area (Å²) in [6, 6.07) is 7.32. The van der Waals surface area contributed by atoms with Crippen LogP contribution in [0.1, 0.15) is 38.8 Å². The zero-order valence-electron chi connectivity index (χ0n) is 12.9. The lowest BCUT2D eigenvalue weighted by atomic mass is 10.1. The lowest BCUT2D eigenvalue weighted by Gasteiger charge is -2.25. The first-order valence-corrected chi connectivity index (χ1v) is 7.77. The van der Waals surface area contributed by atoms with Crippen molar-refractivity contribution in [2.75, 3.05) is 26.2 Å². The Hall–Kier alpha value is -0.930. The van der Waals surface area contributed by atoms with Crippen molar-refractivity contribution >= 4 is 0 Å². The van der Waals surface area contributed by atoms with Gasteiger partial charge in [-0.1, -0.05) is 32.0 Å². The molecule has 2 nitrogen and oxygen atoms in total. The number of nitrogens with zero attached hydrogens (tertiary/aromatic N) is 1. The summed E-state index contributed by atoms with van der Waals surface area (Å²) in [4.78, 5) is 2.40. The molecule has 0 amide bonds. The van der Waals surface area contributed by atoms with Crippen molar-refractivity contribution < 1.29 is 4.39 Å². The van der Waals surface area contributed by atoms with Crippen LogP contribution in [0.5, 0.6) is 0 Å². The largest absolute Gasteiger partial charge is 0.316 e. The highest BCUT2D eigenvalue weighted by atomic mass is 19.1. The van der Waals surface area contributed by atoms with Gasteiger partial charge in [-0.2, -0.15) is 0 Å². The van der Waals surface area contributed by atoms with Crippen molar-refractivity contribution in [3.05, 3.63) is 35.6 Å². The van der Waals surface area contributed by atoms with Crippen molar-refractivity contribution in [2.45, 2.75) is 33.2 Å². The number of hydrogen-bond acceptors (Lipinski definition) is 2. The second-order valence-corrected chi connectivity index (χ2v) is 6.40. The van der Waals surface area contributed by atoms with Crippen LogP contribution in [0.15, 0.2) is 24.3 Å². The lowest BCUT2D eigenvalue weighted by molar-refractivity contribution is 0.246. The summed E-state index contributed by atoms with van der Waals surface area (Å²) in [5.41, 5.74) is 0.822. The molecule has 0 radical (unpaired) electrons. The predicted molar refractivity (Wildman–Crippen MR) is 82.2 cm³/mol. The first kappa shape index (κ1) is 15.5. The molecule has 2 atom stereocenters. The molecule has 0 aromatic heterocycles. The van der Waals surface area contributed by atoms with E-state index in [4.69, 9.17) is 0 Å². The van der Waals surface area contributed by atoms with Crippen molar-refractivity contribution in [1.29, 1.82) is 0 Å². The fraction of sp³-hybridized carbons (Fsp3) is 0.647. The summed E-state index contributed by atoms with van der Waals surface area (Å²) in [6.45, 7) is 10.9. The van der Waals surface area contributed by atoms with Crippen molar-refractivity contribution in [3.63, 3.8) is 0 Å². The minimum absolute atomic E-state index is 0.0821. The van der Waals surface area contributed by atoms with Gasteiger partial charge in [0.1, 0.15) is 5.82 Å². The summed E-state index contributed by atoms with van der Waals surface area (Å²) in [5.74, 6) is 1.31. The average molecular weight is 278 g/mol. The average Bonchev–Trinajstić information content (AvgIpc) is 2.87. The van der Waals surface area contributed by atoms with Crippen LogP contribution in [-0.2, 0) is 0 Å². The van der Waals surface area contributed by atoms with Gasteiger partial charge in [0.25, 0.3) is 0 Å². The van der Waals surface area contributed by atoms with E-state index in [1.807, 2.05) is 12.1 Å². The maximum atomic E-state index is 13.8. The Labute approximate surface area is 122 Å². The molecule has 3 heteroatoms. The van der Waals surface area contributed by atoms with Crippen molar-refractivity contribution in [1.82, 2.24) is 10.2 Å². The van der Waals surface area contributed by atoms with E-state index in [9.17, 15) is 4.39 Å². The Bertz CT molecular complexity index is 419. The lowest BCUT2D eigenvalue weighted by Crippen LogP contribution is -2.30. The van der Waals surface area contributed by atoms with Crippen LogP contribution in [0.25, 0.3) is 0 Å². The third kappa shape index (κ3) is 4.03. The Morgan fingerprint density at radius 3 is 2.75 bits per heavy atom. The van der Waals surface area contributed by atoms with E-state index in [0.29, 0.717) is 11.8 Å². The van der Waals surface area contributed by atoms with Gasteiger partial charge in [0.05, 0.1) is 0 Å². The fourth-order valence-corrected chi connectivity index (χ4v) is 2.97. The van der Waals surface area contributed by atoms with E-state index >= 15 is 0 Å². The maximum absolute atomic E-state index is 13.8. The van der Waals surface area contributed by atoms with E-state index in [-0.39, 0.29) is 11.9 Å². The summed E-state index contributed by atoms with van der Waals surface area (Å²) in [7, 11) is 0. The van der Waals surface area contributed by atoms with Gasteiger partial charge in [-0.25, -0.2) is 4.39 Å². The minimum atomic E-state index is -0.0821. The van der Waals surface area contributed by atoms with Gasteiger partial charge in [-0.05, 0) is 50.9 Å². The molecule has 0 bridgehead atoms. The van der Waals surface area contributed by atoms with Gasteiger partial charge in [-0.3, -0.25) is 4.90 Å². The second-order valence-electron chi connectivity index (χ2n) is 6.40. The highest BCUT2D eigenvalue weighted by Gasteiger charge is 2.27. The Kier molecular flexibility index (Phi) is 5.55. The van der Waals surface area contributed by atoms with Crippen LogP contribution in [0.2, 0.25) is 0 Å². The quantitative estimate of drug-likeness (QED) is 0.857. The molecule has 1 aromatic carbocycles. The normalized spacial score (nSPS) is 21.6. The summed E-state index contributed by atoms with van der Waals surface area (Å²) >= 11 is 0. The van der Waals surface area contributed by atoms with Crippen LogP contribution < -0.4 is 5.32 Å². The summed E-state index contributed by atoms with van der Waals surface area (Å²) in [5, 5.41) is 3.54. The van der Waals surface area contributed by atoms with E-state index in [1.165, 1.54) is 6.42 Å². The SMILES string of the molecule is CC(C)CNCC1CCN(C(C)c2ccccc2F)C1. The number of hydrogen-bond donors (Lipinski definition) is 1. The van der Waals surface area contributed by atoms with E-state index in [2.05, 4.69) is 31.0 Å². The molecule has 2 unspecified atom stereocenters. The minimum Gasteiger partial charge on any atom is -0.316 e. The molecule has 0 spiro atoms. The van der Waals surface area contributed by atoms with Gasteiger partial charge in [-0.15, -0.1) is 0 Å². The molecule has 1 aromatic rings. The molecule has 1 heterocycles. The fourth-order valence-electron chi connectivity index (χ4n) is 2.97. The van der Waals surface area contributed by atoms with Gasteiger partial charge >= 0.3 is 0 Å². The number of halogens is 1. The Morgan fingerprint density at radius 1 is 1.30 bits per heavy atom. The van der Waals surface area contributed by atoms with Crippen LogP contribution >= 0.6 is 0 Å². The van der Waals surface area contributed by atoms with Crippen LogP contribution in [-0.4, -0.2) is 31.1 Å². The van der Waals surface area contributed by atoms with Crippen molar-refractivity contribution in [3.8, 4) is 0 Å². The Morgan fingerprint density at radius 2 is 2.05 bits per heavy atom. The highest BCUT2D eigenvalue weighted by molar-refractivity contribution is 5.21. The zero-order valence-corrected chi connectivity index (χ0v) is 12.9. The monoisotopic (exact) mass is 278 g/mol. The van der Waals surface area contributed by atoms with Crippen LogP contribution in [0, 0.1) is 17.7 Å². The molecule has 0 aliphatic carbocycles. The van der Waals surface area contributed by atoms with E-state index in [0.717, 1.165) is 31.7 Å². The molecule has 1 N–H and O–H groups in total. The highest BCUT2D eigenvalue weighted by Crippen LogP contribution is 2.28. The second kappa shape index (κ2) is 7.19. The predicted octanol–water partition coefficient (Wildman–Crippen LogP) is 3.45. The Balaban J connectivity index is 1.85. The number of rotatable bonds is 6. The first-order valence-electron chi connectivity index (χ1n) is 7.77. The summed E-state index contributed by atoms with van der Waals surface area (Å²) < 4.78 is 13.8. The third-order valence-electron chi connectivity index (χ3n) is 4.21. The van der Waals surface area contributed by atoms with Gasteiger partial charge in [0.2, 0.25) is 0 Å². The maximum Gasteiger partial charge on any atom is 0.127 e. The third-order valence-corrected chi connectivity index (χ3v) is 4.21. The standard InChI is InChI=1S/C17H27FN2/c1-13(2)10-19-11-15-8-9-20(12-15)14(3)16-6-4-5-7-17(16)18/h4-7,13-15,19H,8-12H2,1-3H3. The van der Waals surface area contributed by atoms with Crippen LogP contribution in [0.3, 0.4) is 0 Å². The molecule has 0 saturated carbocycles. The molecular formula is C17H27FN2. The zero-order chi connectivity index (χ0) is 14.5. The number of nitrogens with one attached hydrogen (secondary N) is 1. The van der Waals surface area contributed by atoms with Crippen molar-refractivity contribution in [2.24, 2.45) is 11.8 Å².